The summed E-state index contributed by atoms with van der Waals surface area (Å²) in [6, 6.07) is 7.21. The summed E-state index contributed by atoms with van der Waals surface area (Å²) < 4.78 is 1.15. The highest BCUT2D eigenvalue weighted by atomic mass is 35.5. The van der Waals surface area contributed by atoms with Crippen molar-refractivity contribution in [1.29, 1.82) is 0 Å². The van der Waals surface area contributed by atoms with E-state index in [0.717, 1.165) is 10.1 Å². The van der Waals surface area contributed by atoms with Gasteiger partial charge in [0, 0.05) is 11.1 Å². The van der Waals surface area contributed by atoms with Crippen molar-refractivity contribution in [3.05, 3.63) is 47.3 Å². The van der Waals surface area contributed by atoms with Crippen LogP contribution in [-0.4, -0.2) is 20.7 Å². The number of halogens is 1. The topological polar surface area (TPSA) is 73.8 Å². The number of nitrogens with zero attached hydrogens (tertiary/aromatic N) is 3. The number of hydrogen-bond acceptors (Lipinski definition) is 4. The molecule has 1 aromatic heterocycles. The van der Waals surface area contributed by atoms with Crippen LogP contribution in [0.4, 0.5) is 5.95 Å². The van der Waals surface area contributed by atoms with Gasteiger partial charge >= 0.3 is 0 Å². The molecule has 0 saturated heterocycles. The van der Waals surface area contributed by atoms with Crippen molar-refractivity contribution in [3.63, 3.8) is 0 Å². The molecule has 2 N–H and O–H groups in total. The Bertz CT molecular complexity index is 576. The number of allylic oxidation sites excluding steroid dienone is 1. The molecule has 0 radical (unpaired) electrons. The van der Waals surface area contributed by atoms with Gasteiger partial charge in [-0.3, -0.25) is 4.79 Å². The van der Waals surface area contributed by atoms with Crippen LogP contribution in [0.5, 0.6) is 0 Å². The fourth-order valence-electron chi connectivity index (χ4n) is 1.27. The number of carbonyl (C=O) groups excluding carboxylic acids is 1. The number of carbonyl (C=O) groups is 1. The average Bonchev–Trinajstić information content (AvgIpc) is 2.74. The van der Waals surface area contributed by atoms with Crippen LogP contribution in [0.2, 0.25) is 5.02 Å². The number of anilines is 1. The second-order valence-electron chi connectivity index (χ2n) is 3.25. The standard InChI is InChI=1S/C11H9ClN4O/c12-9-4-2-1-3-8(9)5-6-10(17)16-7-14-15-11(16)13/h1-7H,(H2,13,15)/b6-5+. The lowest BCUT2D eigenvalue weighted by atomic mass is 10.2. The molecule has 17 heavy (non-hydrogen) atoms. The molecule has 2 aromatic rings. The van der Waals surface area contributed by atoms with E-state index in [0.29, 0.717) is 5.02 Å². The summed E-state index contributed by atoms with van der Waals surface area (Å²) in [6.45, 7) is 0. The minimum atomic E-state index is -0.326. The lowest BCUT2D eigenvalue weighted by Crippen LogP contribution is -2.09. The molecule has 1 heterocycles. The predicted molar refractivity (Wildman–Crippen MR) is 65.5 cm³/mol. The van der Waals surface area contributed by atoms with Crippen LogP contribution >= 0.6 is 11.6 Å². The van der Waals surface area contributed by atoms with Gasteiger partial charge in [0.05, 0.1) is 0 Å². The average molecular weight is 249 g/mol. The molecule has 0 amide bonds. The van der Waals surface area contributed by atoms with Crippen molar-refractivity contribution < 1.29 is 4.79 Å². The Balaban J connectivity index is 2.20. The van der Waals surface area contributed by atoms with E-state index in [1.807, 2.05) is 18.2 Å². The molecule has 0 bridgehead atoms. The van der Waals surface area contributed by atoms with E-state index in [-0.39, 0.29) is 11.9 Å². The Morgan fingerprint density at radius 3 is 2.82 bits per heavy atom. The van der Waals surface area contributed by atoms with E-state index in [2.05, 4.69) is 10.2 Å². The Morgan fingerprint density at radius 2 is 2.18 bits per heavy atom. The number of nitrogen functional groups attached to an aromatic ring is 1. The van der Waals surface area contributed by atoms with E-state index in [1.54, 1.807) is 12.1 Å². The molecule has 86 valence electrons. The van der Waals surface area contributed by atoms with Gasteiger partial charge in [0.15, 0.2) is 0 Å². The SMILES string of the molecule is Nc1nncn1C(=O)/C=C/c1ccccc1Cl. The summed E-state index contributed by atoms with van der Waals surface area (Å²) >= 11 is 5.95. The number of aromatic nitrogens is 3. The zero-order chi connectivity index (χ0) is 12.3. The van der Waals surface area contributed by atoms with Gasteiger partial charge in [-0.05, 0) is 17.7 Å². The summed E-state index contributed by atoms with van der Waals surface area (Å²) in [5.41, 5.74) is 6.21. The number of benzene rings is 1. The van der Waals surface area contributed by atoms with Crippen LogP contribution in [0.3, 0.4) is 0 Å². The van der Waals surface area contributed by atoms with Gasteiger partial charge in [-0.2, -0.15) is 0 Å². The zero-order valence-electron chi connectivity index (χ0n) is 8.75. The first-order chi connectivity index (χ1) is 8.18. The highest BCUT2D eigenvalue weighted by Crippen LogP contribution is 2.16. The molecule has 0 atom stereocenters. The number of rotatable bonds is 2. The minimum Gasteiger partial charge on any atom is -0.368 e. The van der Waals surface area contributed by atoms with E-state index in [9.17, 15) is 4.79 Å². The number of hydrogen-bond donors (Lipinski definition) is 1. The Morgan fingerprint density at radius 1 is 1.41 bits per heavy atom. The van der Waals surface area contributed by atoms with Crippen LogP contribution in [0.15, 0.2) is 36.7 Å². The summed E-state index contributed by atoms with van der Waals surface area (Å²) in [5.74, 6) is -0.272. The Hall–Kier alpha value is -2.14. The number of nitrogens with two attached hydrogens (primary N) is 1. The van der Waals surface area contributed by atoms with Gasteiger partial charge < -0.3 is 5.73 Å². The van der Waals surface area contributed by atoms with E-state index in [4.69, 9.17) is 17.3 Å². The molecular weight excluding hydrogens is 240 g/mol. The Kier molecular flexibility index (Phi) is 3.20. The van der Waals surface area contributed by atoms with Crippen LogP contribution in [0, 0.1) is 0 Å². The zero-order valence-corrected chi connectivity index (χ0v) is 9.50. The smallest absolute Gasteiger partial charge is 0.258 e. The molecule has 0 aliphatic rings. The molecule has 0 aliphatic heterocycles. The van der Waals surface area contributed by atoms with Crippen molar-refractivity contribution in [2.45, 2.75) is 0 Å². The normalized spacial score (nSPS) is 10.9. The lowest BCUT2D eigenvalue weighted by Gasteiger charge is -1.98. The molecule has 2 rings (SSSR count). The van der Waals surface area contributed by atoms with Crippen molar-refractivity contribution >= 4 is 29.5 Å². The molecule has 0 spiro atoms. The summed E-state index contributed by atoms with van der Waals surface area (Å²) in [7, 11) is 0. The van der Waals surface area contributed by atoms with Gasteiger partial charge in [0.1, 0.15) is 6.33 Å². The van der Waals surface area contributed by atoms with Crippen LogP contribution in [0.1, 0.15) is 10.4 Å². The van der Waals surface area contributed by atoms with E-state index >= 15 is 0 Å². The van der Waals surface area contributed by atoms with Gasteiger partial charge in [-0.15, -0.1) is 10.2 Å². The molecular formula is C11H9ClN4O. The molecule has 0 unspecified atom stereocenters. The third-order valence-corrected chi connectivity index (χ3v) is 2.47. The van der Waals surface area contributed by atoms with Crippen molar-refractivity contribution in [2.75, 3.05) is 5.73 Å². The first kappa shape index (κ1) is 11.3. The van der Waals surface area contributed by atoms with Gasteiger partial charge in [0.2, 0.25) is 5.95 Å². The van der Waals surface area contributed by atoms with Crippen LogP contribution in [-0.2, 0) is 0 Å². The summed E-state index contributed by atoms with van der Waals surface area (Å²) in [5, 5.41) is 7.62. The maximum atomic E-state index is 11.7. The fourth-order valence-corrected chi connectivity index (χ4v) is 1.46. The lowest BCUT2D eigenvalue weighted by molar-refractivity contribution is 0.0972. The molecule has 0 aliphatic carbocycles. The van der Waals surface area contributed by atoms with Gasteiger partial charge in [0.25, 0.3) is 5.91 Å². The first-order valence-corrected chi connectivity index (χ1v) is 5.18. The molecule has 6 heteroatoms. The maximum Gasteiger partial charge on any atom is 0.258 e. The van der Waals surface area contributed by atoms with Gasteiger partial charge in [-0.25, -0.2) is 4.57 Å². The fraction of sp³-hybridized carbons (Fsp3) is 0. The quantitative estimate of drug-likeness (QED) is 0.824. The summed E-state index contributed by atoms with van der Waals surface area (Å²) in [6.07, 6.45) is 4.24. The second-order valence-corrected chi connectivity index (χ2v) is 3.66. The maximum absolute atomic E-state index is 11.7. The van der Waals surface area contributed by atoms with Gasteiger partial charge in [-0.1, -0.05) is 29.8 Å². The van der Waals surface area contributed by atoms with E-state index < -0.39 is 0 Å². The molecule has 0 saturated carbocycles. The van der Waals surface area contributed by atoms with Crippen molar-refractivity contribution in [2.24, 2.45) is 0 Å². The van der Waals surface area contributed by atoms with E-state index in [1.165, 1.54) is 12.4 Å². The highest BCUT2D eigenvalue weighted by Gasteiger charge is 2.05. The van der Waals surface area contributed by atoms with Crippen molar-refractivity contribution in [3.8, 4) is 0 Å². The third kappa shape index (κ3) is 2.51. The van der Waals surface area contributed by atoms with Crippen LogP contribution in [0.25, 0.3) is 6.08 Å². The highest BCUT2D eigenvalue weighted by molar-refractivity contribution is 6.32. The molecule has 0 fully saturated rings. The predicted octanol–water partition coefficient (Wildman–Crippen LogP) is 1.87. The molecule has 1 aromatic carbocycles. The summed E-state index contributed by atoms with van der Waals surface area (Å²) in [4.78, 5) is 11.7. The second kappa shape index (κ2) is 4.80. The largest absolute Gasteiger partial charge is 0.368 e. The monoisotopic (exact) mass is 248 g/mol. The third-order valence-electron chi connectivity index (χ3n) is 2.12. The van der Waals surface area contributed by atoms with Crippen molar-refractivity contribution in [1.82, 2.24) is 14.8 Å². The first-order valence-electron chi connectivity index (χ1n) is 4.81. The Labute approximate surface area is 103 Å². The molecule has 5 nitrogen and oxygen atoms in total. The minimum absolute atomic E-state index is 0.0545. The van der Waals surface area contributed by atoms with Crippen LogP contribution < -0.4 is 5.73 Å².